The van der Waals surface area contributed by atoms with Crippen LogP contribution in [0.25, 0.3) is 0 Å². The molecule has 2 nitrogen and oxygen atoms in total. The molecule has 0 unspecified atom stereocenters. The number of nitrogens with two attached hydrogens (primary N) is 1. The van der Waals surface area contributed by atoms with Gasteiger partial charge in [-0.05, 0) is 12.1 Å². The molecule has 5 heteroatoms. The van der Waals surface area contributed by atoms with Gasteiger partial charge in [-0.25, -0.2) is 4.99 Å². The lowest BCUT2D eigenvalue weighted by Gasteiger charge is -2.10. The fourth-order valence-corrected chi connectivity index (χ4v) is 1.08. The molecule has 0 saturated carbocycles. The molecule has 88 valence electrons. The molecule has 0 aliphatic heterocycles. The van der Waals surface area contributed by atoms with E-state index in [9.17, 15) is 13.2 Å². The van der Waals surface area contributed by atoms with Crippen LogP contribution in [0.2, 0.25) is 0 Å². The van der Waals surface area contributed by atoms with Gasteiger partial charge in [-0.1, -0.05) is 26.0 Å². The Labute approximate surface area is 92.0 Å². The van der Waals surface area contributed by atoms with Gasteiger partial charge in [-0.3, -0.25) is 0 Å². The van der Waals surface area contributed by atoms with Gasteiger partial charge in [-0.2, -0.15) is 13.2 Å². The Kier molecular flexibility index (Phi) is 3.57. The van der Waals surface area contributed by atoms with Crippen molar-refractivity contribution in [2.24, 2.45) is 16.6 Å². The number of benzene rings is 1. The van der Waals surface area contributed by atoms with Crippen LogP contribution in [0, 0.1) is 5.92 Å². The molecule has 2 N–H and O–H groups in total. The Hall–Kier alpha value is -1.52. The average molecular weight is 230 g/mol. The summed E-state index contributed by atoms with van der Waals surface area (Å²) in [7, 11) is 0. The van der Waals surface area contributed by atoms with Gasteiger partial charge in [0.25, 0.3) is 0 Å². The molecule has 0 aliphatic rings. The van der Waals surface area contributed by atoms with Crippen molar-refractivity contribution in [3.8, 4) is 0 Å². The van der Waals surface area contributed by atoms with E-state index in [0.717, 1.165) is 6.07 Å². The molecule has 0 spiro atoms. The maximum absolute atomic E-state index is 12.6. The first-order chi connectivity index (χ1) is 7.32. The first kappa shape index (κ1) is 12.5. The van der Waals surface area contributed by atoms with Gasteiger partial charge in [-0.15, -0.1) is 0 Å². The van der Waals surface area contributed by atoms with Crippen LogP contribution in [0.1, 0.15) is 19.4 Å². The maximum atomic E-state index is 12.6. The molecule has 16 heavy (non-hydrogen) atoms. The van der Waals surface area contributed by atoms with E-state index < -0.39 is 11.7 Å². The molecule has 0 saturated heterocycles. The van der Waals surface area contributed by atoms with Gasteiger partial charge in [0.2, 0.25) is 0 Å². The van der Waals surface area contributed by atoms with Crippen molar-refractivity contribution < 1.29 is 13.2 Å². The minimum Gasteiger partial charge on any atom is -0.387 e. The highest BCUT2D eigenvalue weighted by Crippen LogP contribution is 2.36. The number of alkyl halides is 3. The molecule has 1 aromatic carbocycles. The smallest absolute Gasteiger partial charge is 0.387 e. The number of rotatable bonds is 2. The third-order valence-electron chi connectivity index (χ3n) is 2.05. The van der Waals surface area contributed by atoms with Crippen LogP contribution in [-0.2, 0) is 6.18 Å². The number of halogens is 3. The number of amidine groups is 1. The van der Waals surface area contributed by atoms with Crippen molar-refractivity contribution in [3.05, 3.63) is 29.8 Å². The predicted molar refractivity (Wildman–Crippen MR) is 57.6 cm³/mol. The summed E-state index contributed by atoms with van der Waals surface area (Å²) in [5.41, 5.74) is 4.64. The van der Waals surface area contributed by atoms with E-state index in [1.54, 1.807) is 13.8 Å². The van der Waals surface area contributed by atoms with Gasteiger partial charge >= 0.3 is 6.18 Å². The number of aliphatic imine (C=N–C) groups is 1. The van der Waals surface area contributed by atoms with Crippen molar-refractivity contribution in [1.29, 1.82) is 0 Å². The van der Waals surface area contributed by atoms with Crippen LogP contribution in [0.3, 0.4) is 0 Å². The number of nitrogens with zero attached hydrogens (tertiary/aromatic N) is 1. The fourth-order valence-electron chi connectivity index (χ4n) is 1.08. The van der Waals surface area contributed by atoms with Crippen molar-refractivity contribution in [3.63, 3.8) is 0 Å². The summed E-state index contributed by atoms with van der Waals surface area (Å²) in [6, 6.07) is 5.12. The summed E-state index contributed by atoms with van der Waals surface area (Å²) in [5.74, 6) is 0.109. The fraction of sp³-hybridized carbons (Fsp3) is 0.364. The zero-order valence-electron chi connectivity index (χ0n) is 9.05. The van der Waals surface area contributed by atoms with Crippen molar-refractivity contribution in [2.45, 2.75) is 20.0 Å². The molecule has 0 aliphatic carbocycles. The first-order valence-corrected chi connectivity index (χ1v) is 4.82. The number of hydrogen-bond donors (Lipinski definition) is 1. The topological polar surface area (TPSA) is 38.4 Å². The second-order valence-electron chi connectivity index (χ2n) is 3.71. The van der Waals surface area contributed by atoms with Crippen molar-refractivity contribution >= 4 is 11.5 Å². The molecule has 0 aromatic heterocycles. The predicted octanol–water partition coefficient (Wildman–Crippen LogP) is 3.35. The lowest BCUT2D eigenvalue weighted by molar-refractivity contribution is -0.137. The molecule has 1 aromatic rings. The third kappa shape index (κ3) is 2.98. The van der Waals surface area contributed by atoms with Crippen molar-refractivity contribution in [2.75, 3.05) is 0 Å². The Morgan fingerprint density at radius 3 is 2.31 bits per heavy atom. The Morgan fingerprint density at radius 1 is 1.25 bits per heavy atom. The molecular formula is C11H13F3N2. The highest BCUT2D eigenvalue weighted by Gasteiger charge is 2.33. The van der Waals surface area contributed by atoms with Crippen LogP contribution in [0.15, 0.2) is 29.3 Å². The van der Waals surface area contributed by atoms with Crippen LogP contribution in [0.5, 0.6) is 0 Å². The normalized spacial score (nSPS) is 13.2. The molecule has 0 atom stereocenters. The summed E-state index contributed by atoms with van der Waals surface area (Å²) in [4.78, 5) is 3.80. The van der Waals surface area contributed by atoms with Crippen LogP contribution < -0.4 is 5.73 Å². The van der Waals surface area contributed by atoms with Crippen LogP contribution in [0.4, 0.5) is 18.9 Å². The van der Waals surface area contributed by atoms with E-state index in [1.165, 1.54) is 18.2 Å². The Balaban J connectivity index is 3.20. The first-order valence-electron chi connectivity index (χ1n) is 4.82. The van der Waals surface area contributed by atoms with Gasteiger partial charge < -0.3 is 5.73 Å². The highest BCUT2D eigenvalue weighted by molar-refractivity contribution is 5.85. The minimum atomic E-state index is -4.41. The third-order valence-corrected chi connectivity index (χ3v) is 2.05. The molecule has 0 radical (unpaired) electrons. The van der Waals surface area contributed by atoms with E-state index in [1.807, 2.05) is 0 Å². The highest BCUT2D eigenvalue weighted by atomic mass is 19.4. The molecule has 0 fully saturated rings. The van der Waals surface area contributed by atoms with Gasteiger partial charge in [0.1, 0.15) is 5.84 Å². The van der Waals surface area contributed by atoms with E-state index in [-0.39, 0.29) is 17.4 Å². The molecule has 0 bridgehead atoms. The summed E-state index contributed by atoms with van der Waals surface area (Å²) in [6.07, 6.45) is -4.41. The van der Waals surface area contributed by atoms with Crippen LogP contribution in [-0.4, -0.2) is 5.84 Å². The number of hydrogen-bond acceptors (Lipinski definition) is 1. The van der Waals surface area contributed by atoms with E-state index >= 15 is 0 Å². The van der Waals surface area contributed by atoms with E-state index in [4.69, 9.17) is 5.73 Å². The van der Waals surface area contributed by atoms with E-state index in [2.05, 4.69) is 4.99 Å². The average Bonchev–Trinajstić information content (AvgIpc) is 2.16. The van der Waals surface area contributed by atoms with Gasteiger partial charge in [0, 0.05) is 5.92 Å². The standard InChI is InChI=1S/C11H13F3N2/c1-7(2)10(15)16-9-6-4-3-5-8(9)11(12,13)14/h3-7H,1-2H3,(H2,15,16). The zero-order chi connectivity index (χ0) is 12.3. The Morgan fingerprint density at radius 2 is 1.81 bits per heavy atom. The Bertz CT molecular complexity index is 394. The second kappa shape index (κ2) is 4.55. The van der Waals surface area contributed by atoms with E-state index in [0.29, 0.717) is 0 Å². The molecule has 0 amide bonds. The largest absolute Gasteiger partial charge is 0.418 e. The lowest BCUT2D eigenvalue weighted by Crippen LogP contribution is -2.18. The summed E-state index contributed by atoms with van der Waals surface area (Å²) in [5, 5.41) is 0. The van der Waals surface area contributed by atoms with Crippen LogP contribution >= 0.6 is 0 Å². The molecule has 0 heterocycles. The maximum Gasteiger partial charge on any atom is 0.418 e. The van der Waals surface area contributed by atoms with Gasteiger partial charge in [0.15, 0.2) is 0 Å². The quantitative estimate of drug-likeness (QED) is 0.614. The number of para-hydroxylation sites is 1. The minimum absolute atomic E-state index is 0.0821. The monoisotopic (exact) mass is 230 g/mol. The van der Waals surface area contributed by atoms with Crippen molar-refractivity contribution in [1.82, 2.24) is 0 Å². The summed E-state index contributed by atoms with van der Waals surface area (Å²) >= 11 is 0. The SMILES string of the molecule is CC(C)C(N)=Nc1ccccc1C(F)(F)F. The lowest BCUT2D eigenvalue weighted by atomic mass is 10.1. The molecular weight excluding hydrogens is 217 g/mol. The molecule has 1 rings (SSSR count). The zero-order valence-corrected chi connectivity index (χ0v) is 9.05. The van der Waals surface area contributed by atoms with Gasteiger partial charge in [0.05, 0.1) is 11.3 Å². The summed E-state index contributed by atoms with van der Waals surface area (Å²) in [6.45, 7) is 3.55. The second-order valence-corrected chi connectivity index (χ2v) is 3.71. The summed E-state index contributed by atoms with van der Waals surface area (Å²) < 4.78 is 37.8.